The fourth-order valence-electron chi connectivity index (χ4n) is 1.88. The van der Waals surface area contributed by atoms with E-state index in [0.717, 1.165) is 18.4 Å². The molecule has 0 radical (unpaired) electrons. The fourth-order valence-corrected chi connectivity index (χ4v) is 2.05. The number of amides is 1. The predicted octanol–water partition coefficient (Wildman–Crippen LogP) is 1.89. The highest BCUT2D eigenvalue weighted by Crippen LogP contribution is 2.07. The first kappa shape index (κ1) is 17.1. The number of hydrogen-bond acceptors (Lipinski definition) is 3. The molecule has 4 N–H and O–H groups in total. The molecule has 114 valence electrons. The SMILES string of the molecule is CCCCC(NC(=O)c1ccc(CC(N)=S)cc1)C(=O)O. The van der Waals surface area contributed by atoms with Gasteiger partial charge in [0.05, 0.1) is 4.99 Å². The molecule has 1 aromatic rings. The van der Waals surface area contributed by atoms with Crippen molar-refractivity contribution < 1.29 is 14.7 Å². The molecule has 0 aliphatic heterocycles. The van der Waals surface area contributed by atoms with Crippen LogP contribution in [0.5, 0.6) is 0 Å². The monoisotopic (exact) mass is 308 g/mol. The summed E-state index contributed by atoms with van der Waals surface area (Å²) in [5, 5.41) is 11.6. The summed E-state index contributed by atoms with van der Waals surface area (Å²) < 4.78 is 0. The number of unbranched alkanes of at least 4 members (excludes halogenated alkanes) is 1. The van der Waals surface area contributed by atoms with Gasteiger partial charge in [-0.15, -0.1) is 0 Å². The first-order chi connectivity index (χ1) is 9.93. The average Bonchev–Trinajstić information content (AvgIpc) is 2.43. The van der Waals surface area contributed by atoms with Crippen LogP contribution in [0.1, 0.15) is 42.1 Å². The van der Waals surface area contributed by atoms with E-state index in [0.29, 0.717) is 23.4 Å². The molecule has 0 fully saturated rings. The number of thiocarbonyl (C=S) groups is 1. The van der Waals surface area contributed by atoms with Crippen LogP contribution in [0, 0.1) is 0 Å². The Morgan fingerprint density at radius 1 is 1.33 bits per heavy atom. The van der Waals surface area contributed by atoms with Gasteiger partial charge < -0.3 is 16.2 Å². The molecule has 0 aliphatic rings. The predicted molar refractivity (Wildman–Crippen MR) is 85.3 cm³/mol. The van der Waals surface area contributed by atoms with Crippen LogP contribution in [-0.2, 0) is 11.2 Å². The Balaban J connectivity index is 2.69. The molecular weight excluding hydrogens is 288 g/mol. The number of carbonyl (C=O) groups is 2. The normalized spacial score (nSPS) is 11.7. The highest BCUT2D eigenvalue weighted by Gasteiger charge is 2.19. The summed E-state index contributed by atoms with van der Waals surface area (Å²) in [6, 6.07) is 5.95. The fraction of sp³-hybridized carbons (Fsp3) is 0.400. The lowest BCUT2D eigenvalue weighted by Gasteiger charge is -2.14. The molecule has 1 unspecified atom stereocenters. The first-order valence-electron chi connectivity index (χ1n) is 6.85. The number of carboxylic acid groups (broad SMARTS) is 1. The van der Waals surface area contributed by atoms with Gasteiger partial charge in [-0.05, 0) is 24.1 Å². The van der Waals surface area contributed by atoms with E-state index in [9.17, 15) is 9.59 Å². The van der Waals surface area contributed by atoms with E-state index >= 15 is 0 Å². The van der Waals surface area contributed by atoms with Crippen molar-refractivity contribution in [1.29, 1.82) is 0 Å². The van der Waals surface area contributed by atoms with E-state index in [1.807, 2.05) is 6.92 Å². The van der Waals surface area contributed by atoms with Crippen molar-refractivity contribution >= 4 is 29.1 Å². The van der Waals surface area contributed by atoms with E-state index in [1.165, 1.54) is 0 Å². The van der Waals surface area contributed by atoms with Crippen molar-refractivity contribution in [2.45, 2.75) is 38.6 Å². The standard InChI is InChI=1S/C15H20N2O3S/c1-2-3-4-12(15(19)20)17-14(18)11-7-5-10(6-8-11)9-13(16)21/h5-8,12H,2-4,9H2,1H3,(H2,16,21)(H,17,18)(H,19,20). The van der Waals surface area contributed by atoms with Crippen LogP contribution in [0.4, 0.5) is 0 Å². The molecule has 1 amide bonds. The molecule has 0 saturated heterocycles. The molecule has 0 saturated carbocycles. The number of nitrogens with one attached hydrogen (secondary N) is 1. The Hall–Kier alpha value is -1.95. The minimum Gasteiger partial charge on any atom is -0.480 e. The summed E-state index contributed by atoms with van der Waals surface area (Å²) in [5.74, 6) is -1.40. The summed E-state index contributed by atoms with van der Waals surface area (Å²) in [4.78, 5) is 23.5. The van der Waals surface area contributed by atoms with E-state index in [4.69, 9.17) is 23.1 Å². The zero-order chi connectivity index (χ0) is 15.8. The van der Waals surface area contributed by atoms with Crippen molar-refractivity contribution in [1.82, 2.24) is 5.32 Å². The van der Waals surface area contributed by atoms with Gasteiger partial charge in [0.25, 0.3) is 5.91 Å². The minimum absolute atomic E-state index is 0.387. The Morgan fingerprint density at radius 2 is 1.95 bits per heavy atom. The first-order valence-corrected chi connectivity index (χ1v) is 7.25. The molecule has 1 aromatic carbocycles. The van der Waals surface area contributed by atoms with Crippen LogP contribution >= 0.6 is 12.2 Å². The average molecular weight is 308 g/mol. The third kappa shape index (κ3) is 5.91. The van der Waals surface area contributed by atoms with Crippen molar-refractivity contribution in [2.75, 3.05) is 0 Å². The second-order valence-electron chi connectivity index (χ2n) is 4.85. The summed E-state index contributed by atoms with van der Waals surface area (Å²) in [5.41, 5.74) is 6.79. The molecular formula is C15H20N2O3S. The molecule has 0 bridgehead atoms. The maximum Gasteiger partial charge on any atom is 0.326 e. The summed E-state index contributed by atoms with van der Waals surface area (Å²) >= 11 is 4.82. The quantitative estimate of drug-likeness (QED) is 0.638. The van der Waals surface area contributed by atoms with Crippen LogP contribution in [0.3, 0.4) is 0 Å². The lowest BCUT2D eigenvalue weighted by molar-refractivity contribution is -0.139. The van der Waals surface area contributed by atoms with Gasteiger partial charge in [-0.3, -0.25) is 4.79 Å². The molecule has 21 heavy (non-hydrogen) atoms. The van der Waals surface area contributed by atoms with Crippen molar-refractivity contribution in [2.24, 2.45) is 5.73 Å². The van der Waals surface area contributed by atoms with Crippen LogP contribution in [0.2, 0.25) is 0 Å². The molecule has 1 atom stereocenters. The second-order valence-corrected chi connectivity index (χ2v) is 5.37. The zero-order valence-electron chi connectivity index (χ0n) is 12.0. The summed E-state index contributed by atoms with van der Waals surface area (Å²) in [6.07, 6.45) is 2.54. The van der Waals surface area contributed by atoms with Gasteiger partial charge >= 0.3 is 5.97 Å². The molecule has 0 aliphatic carbocycles. The number of nitrogens with two attached hydrogens (primary N) is 1. The van der Waals surface area contributed by atoms with Crippen LogP contribution in [0.15, 0.2) is 24.3 Å². The van der Waals surface area contributed by atoms with Gasteiger partial charge in [0.15, 0.2) is 0 Å². The van der Waals surface area contributed by atoms with Gasteiger partial charge in [0, 0.05) is 12.0 Å². The van der Waals surface area contributed by atoms with Crippen molar-refractivity contribution in [3.63, 3.8) is 0 Å². The van der Waals surface area contributed by atoms with Gasteiger partial charge in [-0.2, -0.15) is 0 Å². The number of hydrogen-bond donors (Lipinski definition) is 3. The minimum atomic E-state index is -1.01. The van der Waals surface area contributed by atoms with Crippen LogP contribution in [-0.4, -0.2) is 28.0 Å². The Bertz CT molecular complexity index is 514. The lowest BCUT2D eigenvalue weighted by atomic mass is 10.1. The highest BCUT2D eigenvalue weighted by atomic mass is 32.1. The summed E-state index contributed by atoms with van der Waals surface area (Å²) in [6.45, 7) is 1.97. The van der Waals surface area contributed by atoms with Gasteiger partial charge in [-0.1, -0.05) is 44.1 Å². The zero-order valence-corrected chi connectivity index (χ0v) is 12.8. The maximum atomic E-state index is 12.0. The van der Waals surface area contributed by atoms with E-state index in [2.05, 4.69) is 5.32 Å². The molecule has 0 spiro atoms. The van der Waals surface area contributed by atoms with Crippen molar-refractivity contribution in [3.05, 3.63) is 35.4 Å². The topological polar surface area (TPSA) is 92.4 Å². The van der Waals surface area contributed by atoms with E-state index < -0.39 is 12.0 Å². The van der Waals surface area contributed by atoms with Crippen LogP contribution < -0.4 is 11.1 Å². The molecule has 0 aromatic heterocycles. The summed E-state index contributed by atoms with van der Waals surface area (Å²) in [7, 11) is 0. The number of rotatable bonds is 8. The van der Waals surface area contributed by atoms with E-state index in [1.54, 1.807) is 24.3 Å². The molecule has 0 heterocycles. The van der Waals surface area contributed by atoms with Crippen molar-refractivity contribution in [3.8, 4) is 0 Å². The van der Waals surface area contributed by atoms with Crippen LogP contribution in [0.25, 0.3) is 0 Å². The third-order valence-corrected chi connectivity index (χ3v) is 3.19. The van der Waals surface area contributed by atoms with Gasteiger partial charge in [0.2, 0.25) is 0 Å². The maximum absolute atomic E-state index is 12.0. The second kappa shape index (κ2) is 8.36. The lowest BCUT2D eigenvalue weighted by Crippen LogP contribution is -2.40. The Kier molecular flexibility index (Phi) is 6.81. The van der Waals surface area contributed by atoms with E-state index in [-0.39, 0.29) is 5.91 Å². The third-order valence-electron chi connectivity index (χ3n) is 3.04. The number of carboxylic acids is 1. The number of carbonyl (C=O) groups excluding carboxylic acids is 1. The number of aliphatic carboxylic acids is 1. The molecule has 5 nitrogen and oxygen atoms in total. The smallest absolute Gasteiger partial charge is 0.326 e. The highest BCUT2D eigenvalue weighted by molar-refractivity contribution is 7.80. The Morgan fingerprint density at radius 3 is 2.43 bits per heavy atom. The number of benzene rings is 1. The largest absolute Gasteiger partial charge is 0.480 e. The molecule has 1 rings (SSSR count). The Labute approximate surface area is 129 Å². The van der Waals surface area contributed by atoms with Gasteiger partial charge in [-0.25, -0.2) is 4.79 Å². The van der Waals surface area contributed by atoms with Gasteiger partial charge in [0.1, 0.15) is 6.04 Å². The molecule has 6 heteroatoms.